The maximum Gasteiger partial charge on any atom is 0.220 e. The van der Waals surface area contributed by atoms with E-state index >= 15 is 0 Å². The van der Waals surface area contributed by atoms with E-state index in [4.69, 9.17) is 0 Å². The van der Waals surface area contributed by atoms with Crippen LogP contribution in [-0.2, 0) is 11.2 Å². The van der Waals surface area contributed by atoms with Gasteiger partial charge in [0.1, 0.15) is 0 Å². The van der Waals surface area contributed by atoms with E-state index in [-0.39, 0.29) is 24.4 Å². The molecule has 1 saturated heterocycles. The van der Waals surface area contributed by atoms with Crippen molar-refractivity contribution in [2.45, 2.75) is 38.1 Å². The molecule has 0 bridgehead atoms. The summed E-state index contributed by atoms with van der Waals surface area (Å²) < 4.78 is 1.12. The summed E-state index contributed by atoms with van der Waals surface area (Å²) in [7, 11) is 0. The molecule has 21 heavy (non-hydrogen) atoms. The van der Waals surface area contributed by atoms with Crippen LogP contribution in [0.25, 0.3) is 0 Å². The minimum absolute atomic E-state index is 0. The normalized spacial score (nSPS) is 23.5. The Balaban J connectivity index is 0.00000161. The highest BCUT2D eigenvalue weighted by atomic mass is 79.9. The zero-order chi connectivity index (χ0) is 13.9. The third kappa shape index (κ3) is 4.21. The van der Waals surface area contributed by atoms with Crippen LogP contribution in [0.4, 0.5) is 0 Å². The number of carbonyl (C=O) groups is 1. The molecule has 1 aliphatic heterocycles. The minimum Gasteiger partial charge on any atom is -0.349 e. The number of nitrogens with one attached hydrogen (secondary N) is 2. The number of benzene rings is 1. The number of carbonyl (C=O) groups excluding carboxylic acids is 1. The van der Waals surface area contributed by atoms with Crippen LogP contribution < -0.4 is 10.6 Å². The fraction of sp³-hybridized carbons (Fsp3) is 0.562. The van der Waals surface area contributed by atoms with Crippen LogP contribution in [0.15, 0.2) is 22.7 Å². The van der Waals surface area contributed by atoms with Crippen molar-refractivity contribution in [1.29, 1.82) is 0 Å². The lowest BCUT2D eigenvalue weighted by atomic mass is 10.0. The maximum absolute atomic E-state index is 12.1. The Morgan fingerprint density at radius 1 is 1.38 bits per heavy atom. The maximum atomic E-state index is 12.1. The molecule has 2 N–H and O–H groups in total. The second-order valence-corrected chi connectivity index (χ2v) is 6.82. The lowest BCUT2D eigenvalue weighted by molar-refractivity contribution is -0.122. The molecule has 1 aromatic carbocycles. The van der Waals surface area contributed by atoms with Crippen molar-refractivity contribution in [1.82, 2.24) is 10.6 Å². The van der Waals surface area contributed by atoms with Gasteiger partial charge in [-0.2, -0.15) is 0 Å². The molecule has 1 aromatic rings. The van der Waals surface area contributed by atoms with Crippen molar-refractivity contribution < 1.29 is 4.79 Å². The van der Waals surface area contributed by atoms with Gasteiger partial charge in [0.05, 0.1) is 6.04 Å². The molecule has 116 valence electrons. The zero-order valence-corrected chi connectivity index (χ0v) is 14.4. The van der Waals surface area contributed by atoms with Crippen molar-refractivity contribution in [3.63, 3.8) is 0 Å². The van der Waals surface area contributed by atoms with Gasteiger partial charge >= 0.3 is 0 Å². The van der Waals surface area contributed by atoms with Crippen LogP contribution in [-0.4, -0.2) is 19.0 Å². The Kier molecular flexibility index (Phi) is 6.08. The predicted octanol–water partition coefficient (Wildman–Crippen LogP) is 3.36. The number of amides is 1. The van der Waals surface area contributed by atoms with Gasteiger partial charge in [-0.3, -0.25) is 4.79 Å². The van der Waals surface area contributed by atoms with Crippen molar-refractivity contribution in [3.8, 4) is 0 Å². The van der Waals surface area contributed by atoms with E-state index in [1.165, 1.54) is 17.5 Å². The number of hydrogen-bond acceptors (Lipinski definition) is 2. The molecule has 5 heteroatoms. The van der Waals surface area contributed by atoms with Crippen LogP contribution >= 0.6 is 28.3 Å². The first-order valence-corrected chi connectivity index (χ1v) is 8.30. The number of fused-ring (bicyclic) bond motifs is 1. The van der Waals surface area contributed by atoms with Crippen molar-refractivity contribution in [3.05, 3.63) is 33.8 Å². The molecule has 1 aliphatic carbocycles. The fourth-order valence-electron chi connectivity index (χ4n) is 3.30. The van der Waals surface area contributed by atoms with E-state index in [9.17, 15) is 4.79 Å². The molecule has 2 atom stereocenters. The molecular weight excluding hydrogens is 352 g/mol. The van der Waals surface area contributed by atoms with Gasteiger partial charge in [-0.1, -0.05) is 22.0 Å². The Morgan fingerprint density at radius 2 is 2.24 bits per heavy atom. The minimum atomic E-state index is 0. The monoisotopic (exact) mass is 372 g/mol. The van der Waals surface area contributed by atoms with Gasteiger partial charge in [-0.05, 0) is 68.0 Å². The van der Waals surface area contributed by atoms with Crippen LogP contribution in [0.3, 0.4) is 0 Å². The van der Waals surface area contributed by atoms with E-state index in [2.05, 4.69) is 44.8 Å². The molecule has 2 unspecified atom stereocenters. The van der Waals surface area contributed by atoms with Crippen LogP contribution in [0.5, 0.6) is 0 Å². The summed E-state index contributed by atoms with van der Waals surface area (Å²) in [4.78, 5) is 12.1. The topological polar surface area (TPSA) is 41.1 Å². The second-order valence-electron chi connectivity index (χ2n) is 5.90. The first-order valence-electron chi connectivity index (χ1n) is 7.51. The summed E-state index contributed by atoms with van der Waals surface area (Å²) in [5, 5.41) is 6.56. The average molecular weight is 374 g/mol. The zero-order valence-electron chi connectivity index (χ0n) is 12.0. The molecule has 0 aromatic heterocycles. The Hall–Kier alpha value is -0.580. The summed E-state index contributed by atoms with van der Waals surface area (Å²) in [5.41, 5.74) is 2.66. The highest BCUT2D eigenvalue weighted by Gasteiger charge is 2.24. The summed E-state index contributed by atoms with van der Waals surface area (Å²) in [6, 6.07) is 6.59. The largest absolute Gasteiger partial charge is 0.349 e. The van der Waals surface area contributed by atoms with Crippen LogP contribution in [0, 0.1) is 5.92 Å². The highest BCUT2D eigenvalue weighted by Crippen LogP contribution is 2.33. The fourth-order valence-corrected chi connectivity index (χ4v) is 3.71. The number of aryl methyl sites for hydroxylation is 1. The van der Waals surface area contributed by atoms with Gasteiger partial charge in [0.2, 0.25) is 5.91 Å². The lowest BCUT2D eigenvalue weighted by Gasteiger charge is -2.15. The first kappa shape index (κ1) is 16.8. The number of rotatable bonds is 4. The molecule has 0 spiro atoms. The standard InChI is InChI=1S/C16H21BrN2O.ClH/c17-13-3-4-14-12(9-13)2-5-15(14)19-16(20)6-1-11-7-8-18-10-11;/h3-4,9,11,15,18H,1-2,5-8,10H2,(H,19,20);1H. The summed E-state index contributed by atoms with van der Waals surface area (Å²) >= 11 is 3.50. The summed E-state index contributed by atoms with van der Waals surface area (Å²) in [6.07, 6.45) is 4.98. The molecule has 1 amide bonds. The smallest absolute Gasteiger partial charge is 0.220 e. The van der Waals surface area contributed by atoms with Gasteiger partial charge in [-0.25, -0.2) is 0 Å². The summed E-state index contributed by atoms with van der Waals surface area (Å²) in [5.74, 6) is 0.894. The van der Waals surface area contributed by atoms with Gasteiger partial charge in [0.15, 0.2) is 0 Å². The van der Waals surface area contributed by atoms with E-state index in [1.54, 1.807) is 0 Å². The quantitative estimate of drug-likeness (QED) is 0.849. The number of hydrogen-bond donors (Lipinski definition) is 2. The Bertz CT molecular complexity index is 503. The molecule has 1 heterocycles. The molecule has 1 fully saturated rings. The first-order chi connectivity index (χ1) is 9.72. The van der Waals surface area contributed by atoms with E-state index < -0.39 is 0 Å². The Labute approximate surface area is 140 Å². The summed E-state index contributed by atoms with van der Waals surface area (Å²) in [6.45, 7) is 2.19. The molecule has 3 nitrogen and oxygen atoms in total. The van der Waals surface area contributed by atoms with E-state index in [0.717, 1.165) is 36.8 Å². The van der Waals surface area contributed by atoms with Gasteiger partial charge in [0.25, 0.3) is 0 Å². The highest BCUT2D eigenvalue weighted by molar-refractivity contribution is 9.10. The van der Waals surface area contributed by atoms with Gasteiger partial charge in [0, 0.05) is 10.9 Å². The molecule has 0 saturated carbocycles. The third-order valence-electron chi connectivity index (χ3n) is 4.46. The Morgan fingerprint density at radius 3 is 3.00 bits per heavy atom. The SMILES string of the molecule is Cl.O=C(CCC1CCNC1)NC1CCc2cc(Br)ccc21. The van der Waals surface area contributed by atoms with Crippen molar-refractivity contribution in [2.75, 3.05) is 13.1 Å². The van der Waals surface area contributed by atoms with Crippen LogP contribution in [0.1, 0.15) is 42.9 Å². The second kappa shape index (κ2) is 7.61. The molecule has 0 radical (unpaired) electrons. The third-order valence-corrected chi connectivity index (χ3v) is 4.95. The predicted molar refractivity (Wildman–Crippen MR) is 90.8 cm³/mol. The lowest BCUT2D eigenvalue weighted by Crippen LogP contribution is -2.27. The van der Waals surface area contributed by atoms with Crippen molar-refractivity contribution in [2.24, 2.45) is 5.92 Å². The van der Waals surface area contributed by atoms with Gasteiger partial charge in [-0.15, -0.1) is 12.4 Å². The molecule has 2 aliphatic rings. The van der Waals surface area contributed by atoms with E-state index in [1.807, 2.05) is 0 Å². The van der Waals surface area contributed by atoms with Gasteiger partial charge < -0.3 is 10.6 Å². The number of halogens is 2. The molecule has 3 rings (SSSR count). The van der Waals surface area contributed by atoms with Crippen LogP contribution in [0.2, 0.25) is 0 Å². The average Bonchev–Trinajstić information content (AvgIpc) is 3.06. The van der Waals surface area contributed by atoms with Crippen molar-refractivity contribution >= 4 is 34.2 Å². The molecular formula is C16H22BrClN2O. The van der Waals surface area contributed by atoms with E-state index in [0.29, 0.717) is 12.3 Å².